The average molecular weight is 679 g/mol. The molecule has 0 saturated carbocycles. The Morgan fingerprint density at radius 3 is 1.69 bits per heavy atom. The molecule has 0 amide bonds. The Labute approximate surface area is 306 Å². The first kappa shape index (κ1) is 29.3. The van der Waals surface area contributed by atoms with Gasteiger partial charge in [0.15, 0.2) is 5.82 Å². The molecule has 11 rings (SSSR count). The van der Waals surface area contributed by atoms with Gasteiger partial charge in [-0.05, 0) is 67.6 Å². The highest BCUT2D eigenvalue weighted by Crippen LogP contribution is 2.66. The minimum atomic E-state index is -0.379. The first-order valence-electron chi connectivity index (χ1n) is 17.7. The second kappa shape index (κ2) is 11.3. The molecule has 0 aliphatic heterocycles. The van der Waals surface area contributed by atoms with Gasteiger partial charge in [-0.25, -0.2) is 9.97 Å². The Morgan fingerprint density at radius 1 is 0.404 bits per heavy atom. The maximum Gasteiger partial charge on any atom is 0.160 e. The van der Waals surface area contributed by atoms with Crippen LogP contribution in [0.5, 0.6) is 0 Å². The van der Waals surface area contributed by atoms with Crippen LogP contribution in [0.1, 0.15) is 22.3 Å². The lowest BCUT2D eigenvalue weighted by Crippen LogP contribution is -2.25. The molecule has 52 heavy (non-hydrogen) atoms. The van der Waals surface area contributed by atoms with Crippen molar-refractivity contribution in [2.45, 2.75) is 5.41 Å². The monoisotopic (exact) mass is 678 g/mol. The summed E-state index contributed by atoms with van der Waals surface area (Å²) < 4.78 is 1.34. The van der Waals surface area contributed by atoms with Crippen molar-refractivity contribution in [3.05, 3.63) is 204 Å². The van der Waals surface area contributed by atoms with E-state index in [0.29, 0.717) is 0 Å². The minimum Gasteiger partial charge on any atom is -0.228 e. The van der Waals surface area contributed by atoms with Crippen molar-refractivity contribution in [2.75, 3.05) is 0 Å². The summed E-state index contributed by atoms with van der Waals surface area (Å²) in [6.07, 6.45) is 0. The van der Waals surface area contributed by atoms with Crippen molar-refractivity contribution in [3.8, 4) is 66.6 Å². The fraction of sp³-hybridized carbons (Fsp3) is 0.0204. The number of fused-ring (bicyclic) bond motifs is 12. The van der Waals surface area contributed by atoms with Crippen LogP contribution >= 0.6 is 11.3 Å². The van der Waals surface area contributed by atoms with E-state index in [-0.39, 0.29) is 5.41 Å². The molecule has 0 unspecified atom stereocenters. The van der Waals surface area contributed by atoms with Crippen molar-refractivity contribution in [1.82, 2.24) is 9.97 Å². The Kier molecular flexibility index (Phi) is 6.37. The van der Waals surface area contributed by atoms with Crippen LogP contribution in [-0.2, 0) is 5.41 Å². The quantitative estimate of drug-likeness (QED) is 0.185. The van der Waals surface area contributed by atoms with Gasteiger partial charge in [-0.15, -0.1) is 11.3 Å². The Morgan fingerprint density at radius 2 is 0.942 bits per heavy atom. The summed E-state index contributed by atoms with van der Waals surface area (Å²) in [6.45, 7) is 0. The molecule has 7 aromatic carbocycles. The Hall–Kier alpha value is -6.42. The molecule has 2 aliphatic carbocycles. The van der Waals surface area contributed by atoms with E-state index in [4.69, 9.17) is 9.97 Å². The number of nitrogens with zero attached hydrogens (tertiary/aromatic N) is 2. The number of hydrogen-bond donors (Lipinski definition) is 0. The van der Waals surface area contributed by atoms with Crippen LogP contribution in [0, 0.1) is 0 Å². The molecule has 0 N–H and O–H groups in total. The summed E-state index contributed by atoms with van der Waals surface area (Å²) >= 11 is 1.93. The zero-order valence-electron chi connectivity index (χ0n) is 28.1. The lowest BCUT2D eigenvalue weighted by Gasteiger charge is -2.30. The third kappa shape index (κ3) is 4.11. The van der Waals surface area contributed by atoms with Gasteiger partial charge in [-0.1, -0.05) is 170 Å². The zero-order chi connectivity index (χ0) is 34.2. The molecule has 0 radical (unpaired) electrons. The molecular formula is C49H30N2S. The van der Waals surface area contributed by atoms with Gasteiger partial charge in [0.05, 0.1) is 16.8 Å². The van der Waals surface area contributed by atoms with Crippen LogP contribution in [0.4, 0.5) is 0 Å². The summed E-state index contributed by atoms with van der Waals surface area (Å²) in [7, 11) is 0. The number of aromatic nitrogens is 2. The van der Waals surface area contributed by atoms with Crippen molar-refractivity contribution in [2.24, 2.45) is 0 Å². The van der Waals surface area contributed by atoms with E-state index >= 15 is 0 Å². The molecule has 2 nitrogen and oxygen atoms in total. The second-order valence-corrected chi connectivity index (χ2v) is 14.7. The van der Waals surface area contributed by atoms with Crippen molar-refractivity contribution in [1.29, 1.82) is 0 Å². The molecular weight excluding hydrogens is 649 g/mol. The van der Waals surface area contributed by atoms with E-state index in [1.807, 2.05) is 35.6 Å². The summed E-state index contributed by atoms with van der Waals surface area (Å²) in [5, 5.41) is 1.35. The third-order valence-electron chi connectivity index (χ3n) is 10.9. The summed E-state index contributed by atoms with van der Waals surface area (Å²) in [5.41, 5.74) is 16.5. The normalized spacial score (nSPS) is 15.0. The van der Waals surface area contributed by atoms with Crippen molar-refractivity contribution >= 4 is 21.4 Å². The van der Waals surface area contributed by atoms with Gasteiger partial charge in [0.25, 0.3) is 0 Å². The smallest absolute Gasteiger partial charge is 0.160 e. The summed E-state index contributed by atoms with van der Waals surface area (Å²) in [6, 6.07) is 65.7. The number of rotatable bonds is 4. The molecule has 3 heteroatoms. The number of thiophene rings is 1. The van der Waals surface area contributed by atoms with Crippen LogP contribution in [0.25, 0.3) is 76.7 Å². The van der Waals surface area contributed by atoms with Gasteiger partial charge < -0.3 is 0 Å². The molecule has 0 saturated heterocycles. The summed E-state index contributed by atoms with van der Waals surface area (Å²) in [5.74, 6) is 0.723. The first-order valence-corrected chi connectivity index (χ1v) is 18.6. The first-order chi connectivity index (χ1) is 25.8. The van der Waals surface area contributed by atoms with Gasteiger partial charge in [-0.3, -0.25) is 0 Å². The fourth-order valence-electron chi connectivity index (χ4n) is 8.77. The van der Waals surface area contributed by atoms with E-state index in [1.54, 1.807) is 0 Å². The molecule has 2 aromatic heterocycles. The lowest BCUT2D eigenvalue weighted by atomic mass is 9.70. The van der Waals surface area contributed by atoms with Crippen LogP contribution in [0.2, 0.25) is 0 Å². The van der Waals surface area contributed by atoms with E-state index < -0.39 is 0 Å². The Bertz CT molecular complexity index is 2780. The topological polar surface area (TPSA) is 25.8 Å². The van der Waals surface area contributed by atoms with Crippen LogP contribution in [0.3, 0.4) is 0 Å². The van der Waals surface area contributed by atoms with Gasteiger partial charge in [0.1, 0.15) is 0 Å². The molecule has 1 spiro atoms. The number of benzene rings is 7. The SMILES string of the molecule is c1ccc(-c2cc(-c3ccc(-c4cccc5c4-c4ccccc4[C@@]54c5ccccc5-c5sc6ccccc6c54)cc3)nc(-c3ccccc3)n2)cc1. The Balaban J connectivity index is 1.09. The molecule has 1 atom stereocenters. The standard InChI is InChI=1S/C49H30N2S/c1-3-14-32(15-4-1)42-30-43(51-48(50-42)34-16-5-2-6-17-34)33-28-26-31(27-29-33)35-21-13-24-41-45(35)36-18-7-10-22-39(36)49(41)40-23-11-8-19-37(40)47-46(49)38-20-9-12-25-44(38)52-47/h1-30H/t49-/m1/s1. The van der Waals surface area contributed by atoms with E-state index in [9.17, 15) is 0 Å². The molecule has 0 fully saturated rings. The lowest BCUT2D eigenvalue weighted by molar-refractivity contribution is 0.803. The molecule has 2 heterocycles. The van der Waals surface area contributed by atoms with Gasteiger partial charge in [0.2, 0.25) is 0 Å². The van der Waals surface area contributed by atoms with Crippen LogP contribution in [-0.4, -0.2) is 9.97 Å². The van der Waals surface area contributed by atoms with Crippen LogP contribution in [0.15, 0.2) is 182 Å². The second-order valence-electron chi connectivity index (χ2n) is 13.6. The summed E-state index contributed by atoms with van der Waals surface area (Å²) in [4.78, 5) is 11.5. The van der Waals surface area contributed by atoms with Gasteiger partial charge in [0, 0.05) is 26.3 Å². The highest BCUT2D eigenvalue weighted by molar-refractivity contribution is 7.22. The maximum atomic E-state index is 5.09. The van der Waals surface area contributed by atoms with Crippen molar-refractivity contribution < 1.29 is 0 Å². The minimum absolute atomic E-state index is 0.379. The van der Waals surface area contributed by atoms with Gasteiger partial charge >= 0.3 is 0 Å². The van der Waals surface area contributed by atoms with Crippen LogP contribution < -0.4 is 0 Å². The van der Waals surface area contributed by atoms with E-state index in [1.165, 1.54) is 65.0 Å². The van der Waals surface area contributed by atoms with Crippen molar-refractivity contribution in [3.63, 3.8) is 0 Å². The largest absolute Gasteiger partial charge is 0.228 e. The molecule has 242 valence electrons. The van der Waals surface area contributed by atoms with Gasteiger partial charge in [-0.2, -0.15) is 0 Å². The zero-order valence-corrected chi connectivity index (χ0v) is 28.9. The average Bonchev–Trinajstić information content (AvgIpc) is 3.85. The highest BCUT2D eigenvalue weighted by atomic mass is 32.1. The predicted molar refractivity (Wildman–Crippen MR) is 215 cm³/mol. The maximum absolute atomic E-state index is 5.09. The predicted octanol–water partition coefficient (Wildman–Crippen LogP) is 12.7. The molecule has 9 aromatic rings. The highest BCUT2D eigenvalue weighted by Gasteiger charge is 2.53. The van der Waals surface area contributed by atoms with E-state index in [0.717, 1.165) is 33.9 Å². The van der Waals surface area contributed by atoms with E-state index in [2.05, 4.69) is 158 Å². The molecule has 2 aliphatic rings. The number of hydrogen-bond acceptors (Lipinski definition) is 3. The molecule has 0 bridgehead atoms. The fourth-order valence-corrected chi connectivity index (χ4v) is 10.1. The third-order valence-corrected chi connectivity index (χ3v) is 12.1.